The van der Waals surface area contributed by atoms with E-state index in [9.17, 15) is 4.79 Å². The highest BCUT2D eigenvalue weighted by Crippen LogP contribution is 2.18. The molecule has 2 heterocycles. The lowest BCUT2D eigenvalue weighted by atomic mass is 10.1. The molecule has 2 N–H and O–H groups in total. The van der Waals surface area contributed by atoms with Gasteiger partial charge in [0.15, 0.2) is 0 Å². The predicted octanol–water partition coefficient (Wildman–Crippen LogP) is 1.88. The molecule has 1 atom stereocenters. The second kappa shape index (κ2) is 6.42. The first kappa shape index (κ1) is 12.9. The lowest BCUT2D eigenvalue weighted by Gasteiger charge is -2.26. The average Bonchev–Trinajstić information content (AvgIpc) is 2.74. The quantitative estimate of drug-likeness (QED) is 0.829. The summed E-state index contributed by atoms with van der Waals surface area (Å²) in [4.78, 5) is 12.9. The lowest BCUT2D eigenvalue weighted by molar-refractivity contribution is -0.119. The maximum atomic E-state index is 11.7. The van der Waals surface area contributed by atoms with Crippen LogP contribution < -0.4 is 10.6 Å². The van der Waals surface area contributed by atoms with E-state index < -0.39 is 0 Å². The van der Waals surface area contributed by atoms with E-state index in [0.717, 1.165) is 24.8 Å². The first-order valence-corrected chi connectivity index (χ1v) is 7.90. The second-order valence-corrected chi connectivity index (χ2v) is 6.35. The van der Waals surface area contributed by atoms with Crippen LogP contribution in [0.3, 0.4) is 0 Å². The van der Waals surface area contributed by atoms with Crippen LogP contribution in [-0.2, 0) is 4.79 Å². The van der Waals surface area contributed by atoms with E-state index in [2.05, 4.69) is 16.7 Å². The van der Waals surface area contributed by atoms with Gasteiger partial charge in [-0.25, -0.2) is 0 Å². The summed E-state index contributed by atoms with van der Waals surface area (Å²) >= 11 is 3.42. The number of amides is 1. The Morgan fingerprint density at radius 1 is 1.71 bits per heavy atom. The first-order chi connectivity index (χ1) is 8.25. The molecule has 2 rings (SSSR count). The number of rotatable bonds is 6. The van der Waals surface area contributed by atoms with Gasteiger partial charge >= 0.3 is 0 Å². The smallest absolute Gasteiger partial charge is 0.230 e. The summed E-state index contributed by atoms with van der Waals surface area (Å²) in [5, 5.41) is 8.30. The molecule has 1 fully saturated rings. The van der Waals surface area contributed by atoms with Crippen molar-refractivity contribution >= 4 is 29.0 Å². The molecule has 0 bridgehead atoms. The minimum Gasteiger partial charge on any atom is -0.348 e. The molecule has 0 aliphatic carbocycles. The van der Waals surface area contributed by atoms with Gasteiger partial charge in [-0.3, -0.25) is 4.79 Å². The van der Waals surface area contributed by atoms with Gasteiger partial charge in [0.05, 0.1) is 11.8 Å². The van der Waals surface area contributed by atoms with Crippen molar-refractivity contribution in [2.45, 2.75) is 13.0 Å². The molecule has 0 aromatic carbocycles. The van der Waals surface area contributed by atoms with Crippen LogP contribution in [0.1, 0.15) is 17.8 Å². The molecule has 1 saturated heterocycles. The first-order valence-electron chi connectivity index (χ1n) is 5.87. The predicted molar refractivity (Wildman–Crippen MR) is 74.6 cm³/mol. The fraction of sp³-hybridized carbons (Fsp3) is 0.583. The number of thiophene rings is 1. The van der Waals surface area contributed by atoms with E-state index in [4.69, 9.17) is 0 Å². The zero-order chi connectivity index (χ0) is 12.1. The van der Waals surface area contributed by atoms with E-state index >= 15 is 0 Å². The number of nitrogens with one attached hydrogen (secondary N) is 2. The molecule has 1 aromatic rings. The molecule has 1 aliphatic heterocycles. The molecule has 3 nitrogen and oxygen atoms in total. The standard InChI is InChI=1S/C12H18N2OS2/c1-9(11-3-2-4-17-11)14-12(15)8-16-7-10-5-13-6-10/h2-4,9-10,13H,5-8H2,1H3,(H,14,15). The Bertz CT molecular complexity index is 349. The highest BCUT2D eigenvalue weighted by atomic mass is 32.2. The van der Waals surface area contributed by atoms with E-state index in [1.165, 1.54) is 4.88 Å². The van der Waals surface area contributed by atoms with Gasteiger partial charge in [0.25, 0.3) is 0 Å². The van der Waals surface area contributed by atoms with Crippen LogP contribution in [0.5, 0.6) is 0 Å². The van der Waals surface area contributed by atoms with Crippen LogP contribution in [0, 0.1) is 5.92 Å². The minimum absolute atomic E-state index is 0.133. The van der Waals surface area contributed by atoms with Crippen LogP contribution in [-0.4, -0.2) is 30.5 Å². The zero-order valence-corrected chi connectivity index (χ0v) is 11.6. The third-order valence-corrected chi connectivity index (χ3v) is 5.03. The Morgan fingerprint density at radius 3 is 3.12 bits per heavy atom. The summed E-state index contributed by atoms with van der Waals surface area (Å²) in [5.41, 5.74) is 0. The topological polar surface area (TPSA) is 41.1 Å². The Hall–Kier alpha value is -0.520. The van der Waals surface area contributed by atoms with Gasteiger partial charge in [-0.05, 0) is 43.1 Å². The SMILES string of the molecule is CC(NC(=O)CSCC1CNC1)c1cccs1. The van der Waals surface area contributed by atoms with Crippen molar-refractivity contribution in [1.29, 1.82) is 0 Å². The van der Waals surface area contributed by atoms with Gasteiger partial charge in [-0.15, -0.1) is 11.3 Å². The van der Waals surface area contributed by atoms with Crippen molar-refractivity contribution in [2.24, 2.45) is 5.92 Å². The van der Waals surface area contributed by atoms with Crippen molar-refractivity contribution in [3.8, 4) is 0 Å². The minimum atomic E-state index is 0.133. The largest absolute Gasteiger partial charge is 0.348 e. The summed E-state index contributed by atoms with van der Waals surface area (Å²) < 4.78 is 0. The molecular weight excluding hydrogens is 252 g/mol. The van der Waals surface area contributed by atoms with Gasteiger partial charge in [-0.1, -0.05) is 6.07 Å². The molecule has 0 spiro atoms. The van der Waals surface area contributed by atoms with Gasteiger partial charge < -0.3 is 10.6 Å². The summed E-state index contributed by atoms with van der Waals surface area (Å²) in [7, 11) is 0. The van der Waals surface area contributed by atoms with E-state index in [-0.39, 0.29) is 11.9 Å². The van der Waals surface area contributed by atoms with Crippen molar-refractivity contribution in [1.82, 2.24) is 10.6 Å². The van der Waals surface area contributed by atoms with Crippen LogP contribution in [0.4, 0.5) is 0 Å². The van der Waals surface area contributed by atoms with E-state index in [1.54, 1.807) is 23.1 Å². The Morgan fingerprint density at radius 2 is 2.53 bits per heavy atom. The van der Waals surface area contributed by atoms with Crippen LogP contribution in [0.25, 0.3) is 0 Å². The third-order valence-electron chi connectivity index (χ3n) is 2.80. The lowest BCUT2D eigenvalue weighted by Crippen LogP contribution is -2.43. The fourth-order valence-corrected chi connectivity index (χ4v) is 3.37. The van der Waals surface area contributed by atoms with Crippen LogP contribution in [0.2, 0.25) is 0 Å². The van der Waals surface area contributed by atoms with Crippen molar-refractivity contribution < 1.29 is 4.79 Å². The average molecular weight is 270 g/mol. The molecule has 0 radical (unpaired) electrons. The highest BCUT2D eigenvalue weighted by molar-refractivity contribution is 7.99. The van der Waals surface area contributed by atoms with Crippen molar-refractivity contribution in [2.75, 3.05) is 24.6 Å². The Kier molecular flexibility index (Phi) is 4.88. The van der Waals surface area contributed by atoms with E-state index in [0.29, 0.717) is 5.75 Å². The monoisotopic (exact) mass is 270 g/mol. The number of carbonyl (C=O) groups excluding carboxylic acids is 1. The molecule has 1 aromatic heterocycles. The van der Waals surface area contributed by atoms with Gasteiger partial charge in [0, 0.05) is 4.88 Å². The summed E-state index contributed by atoms with van der Waals surface area (Å²) in [6, 6.07) is 4.21. The fourth-order valence-electron chi connectivity index (χ4n) is 1.68. The summed E-state index contributed by atoms with van der Waals surface area (Å²) in [6.45, 7) is 4.25. The van der Waals surface area contributed by atoms with Gasteiger partial charge in [0.1, 0.15) is 0 Å². The molecule has 1 amide bonds. The number of thioether (sulfide) groups is 1. The molecule has 1 aliphatic rings. The summed E-state index contributed by atoms with van der Waals surface area (Å²) in [6.07, 6.45) is 0. The molecular formula is C12H18N2OS2. The number of hydrogen-bond acceptors (Lipinski definition) is 4. The second-order valence-electron chi connectivity index (χ2n) is 4.34. The molecule has 94 valence electrons. The number of carbonyl (C=O) groups is 1. The highest BCUT2D eigenvalue weighted by Gasteiger charge is 2.17. The van der Waals surface area contributed by atoms with Crippen molar-refractivity contribution in [3.63, 3.8) is 0 Å². The molecule has 1 unspecified atom stereocenters. The summed E-state index contributed by atoms with van der Waals surface area (Å²) in [5.74, 6) is 2.57. The van der Waals surface area contributed by atoms with Crippen LogP contribution >= 0.6 is 23.1 Å². The van der Waals surface area contributed by atoms with E-state index in [1.807, 2.05) is 18.4 Å². The molecule has 17 heavy (non-hydrogen) atoms. The molecule has 5 heteroatoms. The Balaban J connectivity index is 1.62. The van der Waals surface area contributed by atoms with Gasteiger partial charge in [-0.2, -0.15) is 11.8 Å². The van der Waals surface area contributed by atoms with Crippen LogP contribution in [0.15, 0.2) is 17.5 Å². The Labute approximate surface area is 110 Å². The van der Waals surface area contributed by atoms with Crippen molar-refractivity contribution in [3.05, 3.63) is 22.4 Å². The maximum Gasteiger partial charge on any atom is 0.230 e. The molecule has 0 saturated carbocycles. The van der Waals surface area contributed by atoms with Gasteiger partial charge in [0.2, 0.25) is 5.91 Å². The normalized spacial score (nSPS) is 17.5. The third kappa shape index (κ3) is 4.01. The number of hydrogen-bond donors (Lipinski definition) is 2. The zero-order valence-electron chi connectivity index (χ0n) is 9.94. The maximum absolute atomic E-state index is 11.7.